The van der Waals surface area contributed by atoms with Crippen molar-refractivity contribution >= 4 is 39.3 Å². The summed E-state index contributed by atoms with van der Waals surface area (Å²) in [5.74, 6) is 0.866. The Morgan fingerprint density at radius 3 is 2.65 bits per heavy atom. The lowest BCUT2D eigenvalue weighted by Gasteiger charge is -2.09. The molecule has 0 saturated carbocycles. The number of hydrogen-bond acceptors (Lipinski definition) is 2. The topological polar surface area (TPSA) is 26.0 Å². The second-order valence-corrected chi connectivity index (χ2v) is 7.10. The molecule has 4 heteroatoms. The van der Waals surface area contributed by atoms with E-state index in [2.05, 4.69) is 40.2 Å². The molecule has 0 bridgehead atoms. The number of halogens is 2. The smallest absolute Gasteiger partial charge is 0.0446 e. The molecule has 0 amide bonds. The molecule has 0 aliphatic carbocycles. The zero-order valence-corrected chi connectivity index (χ0v) is 14.4. The Morgan fingerprint density at radius 2 is 2.00 bits per heavy atom. The molecule has 0 aromatic heterocycles. The number of thioether (sulfide) groups is 1. The quantitative estimate of drug-likeness (QED) is 0.724. The molecule has 0 spiro atoms. The molecule has 0 heterocycles. The average molecular weight is 371 g/mol. The van der Waals surface area contributed by atoms with Crippen LogP contribution < -0.4 is 5.73 Å². The maximum atomic E-state index is 6.17. The van der Waals surface area contributed by atoms with Gasteiger partial charge in [-0.2, -0.15) is 0 Å². The fourth-order valence-electron chi connectivity index (χ4n) is 1.93. The van der Waals surface area contributed by atoms with Gasteiger partial charge in [-0.1, -0.05) is 35.9 Å². The molecule has 1 atom stereocenters. The zero-order valence-electron chi connectivity index (χ0n) is 11.3. The maximum absolute atomic E-state index is 6.17. The Kier molecular flexibility index (Phi) is 5.97. The van der Waals surface area contributed by atoms with E-state index in [9.17, 15) is 0 Å². The highest BCUT2D eigenvalue weighted by atomic mass is 79.9. The molecular formula is C16H17BrClNS. The van der Waals surface area contributed by atoms with Crippen LogP contribution in [-0.2, 0) is 12.2 Å². The van der Waals surface area contributed by atoms with E-state index in [4.69, 9.17) is 17.3 Å². The van der Waals surface area contributed by atoms with Crippen LogP contribution >= 0.6 is 39.3 Å². The SMILES string of the molecule is CC(N)Cc1ccc(SCc2ccccc2Cl)c(Br)c1. The second kappa shape index (κ2) is 7.51. The van der Waals surface area contributed by atoms with Crippen molar-refractivity contribution in [1.82, 2.24) is 0 Å². The van der Waals surface area contributed by atoms with Gasteiger partial charge in [0.1, 0.15) is 0 Å². The van der Waals surface area contributed by atoms with E-state index in [1.54, 1.807) is 11.8 Å². The van der Waals surface area contributed by atoms with E-state index in [-0.39, 0.29) is 6.04 Å². The first-order chi connectivity index (χ1) is 9.56. The van der Waals surface area contributed by atoms with Gasteiger partial charge in [0.05, 0.1) is 0 Å². The van der Waals surface area contributed by atoms with Crippen molar-refractivity contribution in [3.8, 4) is 0 Å². The Hall–Kier alpha value is -0.480. The Bertz CT molecular complexity index is 586. The minimum absolute atomic E-state index is 0.184. The molecule has 0 saturated heterocycles. The van der Waals surface area contributed by atoms with E-state index in [1.807, 2.05) is 25.1 Å². The molecule has 0 aliphatic heterocycles. The highest BCUT2D eigenvalue weighted by molar-refractivity contribution is 9.10. The van der Waals surface area contributed by atoms with Crippen LogP contribution in [0.1, 0.15) is 18.1 Å². The van der Waals surface area contributed by atoms with Crippen LogP contribution in [-0.4, -0.2) is 6.04 Å². The van der Waals surface area contributed by atoms with Crippen molar-refractivity contribution in [3.05, 3.63) is 63.1 Å². The first-order valence-corrected chi connectivity index (χ1v) is 8.62. The van der Waals surface area contributed by atoms with Crippen molar-refractivity contribution in [2.45, 2.75) is 30.0 Å². The highest BCUT2D eigenvalue weighted by Crippen LogP contribution is 2.32. The standard InChI is InChI=1S/C16H17BrClNS/c1-11(19)8-12-6-7-16(14(17)9-12)20-10-13-4-2-3-5-15(13)18/h2-7,9,11H,8,10,19H2,1H3. The Labute approximate surface area is 138 Å². The van der Waals surface area contributed by atoms with Gasteiger partial charge in [0.25, 0.3) is 0 Å². The minimum atomic E-state index is 0.184. The molecule has 0 radical (unpaired) electrons. The summed E-state index contributed by atoms with van der Waals surface area (Å²) >= 11 is 11.6. The summed E-state index contributed by atoms with van der Waals surface area (Å²) in [5.41, 5.74) is 8.25. The van der Waals surface area contributed by atoms with Crippen LogP contribution in [0.4, 0.5) is 0 Å². The first kappa shape index (κ1) is 15.9. The normalized spacial score (nSPS) is 12.4. The van der Waals surface area contributed by atoms with Crippen molar-refractivity contribution in [2.24, 2.45) is 5.73 Å². The third-order valence-electron chi connectivity index (χ3n) is 2.89. The lowest BCUT2D eigenvalue weighted by molar-refractivity contribution is 0.737. The lowest BCUT2D eigenvalue weighted by Crippen LogP contribution is -2.17. The average Bonchev–Trinajstić information content (AvgIpc) is 2.39. The van der Waals surface area contributed by atoms with Crippen LogP contribution in [0.5, 0.6) is 0 Å². The van der Waals surface area contributed by atoms with Crippen LogP contribution in [0.15, 0.2) is 51.8 Å². The summed E-state index contributed by atoms with van der Waals surface area (Å²) in [7, 11) is 0. The van der Waals surface area contributed by atoms with E-state index < -0.39 is 0 Å². The monoisotopic (exact) mass is 369 g/mol. The first-order valence-electron chi connectivity index (χ1n) is 6.46. The third-order valence-corrected chi connectivity index (χ3v) is 5.30. The summed E-state index contributed by atoms with van der Waals surface area (Å²) in [5, 5.41) is 0.824. The van der Waals surface area contributed by atoms with Gasteiger partial charge >= 0.3 is 0 Å². The predicted molar refractivity (Wildman–Crippen MR) is 92.5 cm³/mol. The second-order valence-electron chi connectivity index (χ2n) is 4.83. The van der Waals surface area contributed by atoms with Gasteiger partial charge in [-0.25, -0.2) is 0 Å². The highest BCUT2D eigenvalue weighted by Gasteiger charge is 2.06. The van der Waals surface area contributed by atoms with Crippen LogP contribution in [0.25, 0.3) is 0 Å². The van der Waals surface area contributed by atoms with Crippen molar-refractivity contribution in [1.29, 1.82) is 0 Å². The Morgan fingerprint density at radius 1 is 1.25 bits per heavy atom. The summed E-state index contributed by atoms with van der Waals surface area (Å²) in [6.07, 6.45) is 0.897. The molecule has 20 heavy (non-hydrogen) atoms. The summed E-state index contributed by atoms with van der Waals surface area (Å²) in [6.45, 7) is 2.02. The molecule has 106 valence electrons. The summed E-state index contributed by atoms with van der Waals surface area (Å²) < 4.78 is 1.12. The number of benzene rings is 2. The van der Waals surface area contributed by atoms with Crippen LogP contribution in [0, 0.1) is 0 Å². The number of hydrogen-bond donors (Lipinski definition) is 1. The fourth-order valence-corrected chi connectivity index (χ4v) is 3.91. The fraction of sp³-hybridized carbons (Fsp3) is 0.250. The van der Waals surface area contributed by atoms with Gasteiger partial charge in [-0.05, 0) is 58.6 Å². The maximum Gasteiger partial charge on any atom is 0.0446 e. The number of rotatable bonds is 5. The van der Waals surface area contributed by atoms with Gasteiger partial charge in [0.2, 0.25) is 0 Å². The molecule has 2 aromatic rings. The van der Waals surface area contributed by atoms with E-state index in [0.29, 0.717) is 0 Å². The van der Waals surface area contributed by atoms with Crippen LogP contribution in [0.2, 0.25) is 5.02 Å². The Balaban J connectivity index is 2.05. The van der Waals surface area contributed by atoms with Crippen molar-refractivity contribution in [3.63, 3.8) is 0 Å². The molecular weight excluding hydrogens is 354 g/mol. The van der Waals surface area contributed by atoms with E-state index in [0.717, 1.165) is 27.2 Å². The van der Waals surface area contributed by atoms with Gasteiger partial charge < -0.3 is 5.73 Å². The summed E-state index contributed by atoms with van der Waals surface area (Å²) in [4.78, 5) is 1.22. The zero-order chi connectivity index (χ0) is 14.5. The van der Waals surface area contributed by atoms with E-state index >= 15 is 0 Å². The molecule has 0 fully saturated rings. The largest absolute Gasteiger partial charge is 0.328 e. The predicted octanol–water partition coefficient (Wildman–Crippen LogP) is 5.28. The van der Waals surface area contributed by atoms with Gasteiger partial charge in [0.15, 0.2) is 0 Å². The molecule has 1 nitrogen and oxygen atoms in total. The summed E-state index contributed by atoms with van der Waals surface area (Å²) in [6, 6.07) is 14.6. The third kappa shape index (κ3) is 4.52. The van der Waals surface area contributed by atoms with Crippen LogP contribution in [0.3, 0.4) is 0 Å². The lowest BCUT2D eigenvalue weighted by atomic mass is 10.1. The minimum Gasteiger partial charge on any atom is -0.328 e. The van der Waals surface area contributed by atoms with Gasteiger partial charge in [-0.3, -0.25) is 0 Å². The molecule has 0 aliphatic rings. The van der Waals surface area contributed by atoms with Crippen molar-refractivity contribution in [2.75, 3.05) is 0 Å². The number of nitrogens with two attached hydrogens (primary N) is 1. The molecule has 2 rings (SSSR count). The molecule has 2 N–H and O–H groups in total. The molecule has 1 unspecified atom stereocenters. The van der Waals surface area contributed by atoms with Gasteiger partial charge in [-0.15, -0.1) is 11.8 Å². The van der Waals surface area contributed by atoms with E-state index in [1.165, 1.54) is 10.5 Å². The molecule has 2 aromatic carbocycles. The van der Waals surface area contributed by atoms with Gasteiger partial charge in [0, 0.05) is 26.2 Å². The van der Waals surface area contributed by atoms with Crippen molar-refractivity contribution < 1.29 is 0 Å².